The van der Waals surface area contributed by atoms with Crippen LogP contribution in [0.2, 0.25) is 0 Å². The molecule has 1 aliphatic rings. The Morgan fingerprint density at radius 2 is 2.43 bits per heavy atom. The molecule has 2 rings (SSSR count). The molecule has 14 heavy (non-hydrogen) atoms. The largest absolute Gasteiger partial charge is 0.368 e. The minimum Gasteiger partial charge on any atom is -0.368 e. The molecule has 2 nitrogen and oxygen atoms in total. The molecule has 1 saturated heterocycles. The number of nitrogens with zero attached hydrogens (tertiary/aromatic N) is 1. The minimum atomic E-state index is 0.144. The summed E-state index contributed by atoms with van der Waals surface area (Å²) in [5.41, 5.74) is 0. The third kappa shape index (κ3) is 2.17. The fourth-order valence-electron chi connectivity index (χ4n) is 1.67. The maximum absolute atomic E-state index is 8.55. The van der Waals surface area contributed by atoms with E-state index in [1.807, 2.05) is 6.07 Å². The van der Waals surface area contributed by atoms with E-state index in [1.165, 1.54) is 4.88 Å². The van der Waals surface area contributed by atoms with Gasteiger partial charge in [0.2, 0.25) is 0 Å². The molecule has 0 aliphatic carbocycles. The topological polar surface area (TPSA) is 33.0 Å². The Morgan fingerprint density at radius 3 is 3.07 bits per heavy atom. The molecule has 4 heteroatoms. The second kappa shape index (κ2) is 4.43. The number of hydrogen-bond acceptors (Lipinski definition) is 3. The van der Waals surface area contributed by atoms with Crippen molar-refractivity contribution in [2.24, 2.45) is 0 Å². The van der Waals surface area contributed by atoms with Crippen molar-refractivity contribution in [1.82, 2.24) is 0 Å². The lowest BCUT2D eigenvalue weighted by atomic mass is 10.1. The summed E-state index contributed by atoms with van der Waals surface area (Å²) in [5, 5.41) is 8.55. The normalized spacial score (nSPS) is 26.3. The first-order valence-electron chi connectivity index (χ1n) is 4.57. The third-order valence-corrected chi connectivity index (χ3v) is 4.05. The molecule has 1 fully saturated rings. The summed E-state index contributed by atoms with van der Waals surface area (Å²) in [6.07, 6.45) is 2.92. The minimum absolute atomic E-state index is 0.144. The van der Waals surface area contributed by atoms with Crippen molar-refractivity contribution in [3.63, 3.8) is 0 Å². The van der Waals surface area contributed by atoms with Crippen molar-refractivity contribution < 1.29 is 4.74 Å². The van der Waals surface area contributed by atoms with Crippen molar-refractivity contribution in [2.45, 2.75) is 31.5 Å². The van der Waals surface area contributed by atoms with E-state index in [4.69, 9.17) is 10.00 Å². The summed E-state index contributed by atoms with van der Waals surface area (Å²) in [4.78, 5) is 1.26. The Hall–Kier alpha value is -0.370. The maximum atomic E-state index is 8.55. The van der Waals surface area contributed by atoms with E-state index in [2.05, 4.69) is 28.1 Å². The average Bonchev–Trinajstić information content (AvgIpc) is 2.74. The summed E-state index contributed by atoms with van der Waals surface area (Å²) in [5.74, 6) is 0. The fourth-order valence-corrected chi connectivity index (χ4v) is 3.16. The van der Waals surface area contributed by atoms with Gasteiger partial charge in [-0.05, 0) is 40.9 Å². The third-order valence-electron chi connectivity index (χ3n) is 2.34. The van der Waals surface area contributed by atoms with E-state index in [0.717, 1.165) is 16.6 Å². The number of hydrogen-bond donors (Lipinski definition) is 0. The molecule has 0 bridgehead atoms. The van der Waals surface area contributed by atoms with Crippen LogP contribution in [0, 0.1) is 11.3 Å². The zero-order chi connectivity index (χ0) is 9.97. The highest BCUT2D eigenvalue weighted by molar-refractivity contribution is 9.11. The van der Waals surface area contributed by atoms with Crippen molar-refractivity contribution in [3.8, 4) is 6.07 Å². The van der Waals surface area contributed by atoms with Crippen LogP contribution >= 0.6 is 27.3 Å². The van der Waals surface area contributed by atoms with Gasteiger partial charge in [0.05, 0.1) is 28.5 Å². The average molecular weight is 272 g/mol. The fraction of sp³-hybridized carbons (Fsp3) is 0.500. The molecule has 0 N–H and O–H groups in total. The second-order valence-electron chi connectivity index (χ2n) is 3.33. The SMILES string of the molecule is N#CCC1CCC(c2ccc(Br)s2)O1. The van der Waals surface area contributed by atoms with E-state index in [1.54, 1.807) is 11.3 Å². The molecule has 0 spiro atoms. The van der Waals surface area contributed by atoms with Gasteiger partial charge in [0, 0.05) is 4.88 Å². The number of rotatable bonds is 2. The molecule has 0 saturated carbocycles. The smallest absolute Gasteiger partial charge is 0.0922 e. The van der Waals surface area contributed by atoms with Gasteiger partial charge in [-0.15, -0.1) is 11.3 Å². The molecule has 0 amide bonds. The van der Waals surface area contributed by atoms with Crippen LogP contribution < -0.4 is 0 Å². The summed E-state index contributed by atoms with van der Waals surface area (Å²) in [6, 6.07) is 6.29. The number of halogens is 1. The predicted molar refractivity (Wildman–Crippen MR) is 59.1 cm³/mol. The van der Waals surface area contributed by atoms with Gasteiger partial charge >= 0.3 is 0 Å². The van der Waals surface area contributed by atoms with E-state index in [0.29, 0.717) is 6.42 Å². The van der Waals surface area contributed by atoms with Crippen molar-refractivity contribution in [3.05, 3.63) is 20.8 Å². The molecule has 1 aromatic rings. The molecule has 0 radical (unpaired) electrons. The van der Waals surface area contributed by atoms with Crippen LogP contribution in [0.4, 0.5) is 0 Å². The Balaban J connectivity index is 1.99. The molecule has 2 atom stereocenters. The number of ether oxygens (including phenoxy) is 1. The van der Waals surface area contributed by atoms with Crippen molar-refractivity contribution >= 4 is 27.3 Å². The molecule has 2 unspecified atom stereocenters. The van der Waals surface area contributed by atoms with Crippen LogP contribution in [0.15, 0.2) is 15.9 Å². The zero-order valence-electron chi connectivity index (χ0n) is 7.57. The van der Waals surface area contributed by atoms with Gasteiger partial charge in [-0.3, -0.25) is 0 Å². The van der Waals surface area contributed by atoms with Crippen LogP contribution in [0.5, 0.6) is 0 Å². The molecule has 1 aromatic heterocycles. The van der Waals surface area contributed by atoms with Gasteiger partial charge in [0.25, 0.3) is 0 Å². The first-order valence-corrected chi connectivity index (χ1v) is 6.18. The standard InChI is InChI=1S/C10H10BrNOS/c11-10-4-3-9(14-10)8-2-1-7(13-8)5-6-12/h3-4,7-8H,1-2,5H2. The molecular weight excluding hydrogens is 262 g/mol. The maximum Gasteiger partial charge on any atom is 0.0922 e. The quantitative estimate of drug-likeness (QED) is 0.823. The lowest BCUT2D eigenvalue weighted by molar-refractivity contribution is 0.0495. The van der Waals surface area contributed by atoms with Crippen LogP contribution in [0.3, 0.4) is 0 Å². The molecule has 0 aromatic carbocycles. The summed E-state index contributed by atoms with van der Waals surface area (Å²) < 4.78 is 6.91. The second-order valence-corrected chi connectivity index (χ2v) is 5.82. The summed E-state index contributed by atoms with van der Waals surface area (Å²) >= 11 is 5.15. The van der Waals surface area contributed by atoms with Crippen LogP contribution in [0.25, 0.3) is 0 Å². The number of thiophene rings is 1. The number of nitriles is 1. The highest BCUT2D eigenvalue weighted by atomic mass is 79.9. The monoisotopic (exact) mass is 271 g/mol. The van der Waals surface area contributed by atoms with Crippen LogP contribution in [0.1, 0.15) is 30.2 Å². The summed E-state index contributed by atoms with van der Waals surface area (Å²) in [7, 11) is 0. The van der Waals surface area contributed by atoms with E-state index < -0.39 is 0 Å². The van der Waals surface area contributed by atoms with Gasteiger partial charge in [-0.2, -0.15) is 5.26 Å². The highest BCUT2D eigenvalue weighted by Gasteiger charge is 2.27. The molecular formula is C10H10BrNOS. The van der Waals surface area contributed by atoms with Gasteiger partial charge in [-0.25, -0.2) is 0 Å². The molecule has 74 valence electrons. The Labute approximate surface area is 95.6 Å². The first kappa shape index (κ1) is 10.2. The molecule has 1 aliphatic heterocycles. The van der Waals surface area contributed by atoms with Gasteiger partial charge < -0.3 is 4.74 Å². The van der Waals surface area contributed by atoms with E-state index in [9.17, 15) is 0 Å². The van der Waals surface area contributed by atoms with Gasteiger partial charge in [0.1, 0.15) is 0 Å². The molecule has 2 heterocycles. The van der Waals surface area contributed by atoms with Crippen LogP contribution in [-0.2, 0) is 4.74 Å². The van der Waals surface area contributed by atoms with Crippen molar-refractivity contribution in [2.75, 3.05) is 0 Å². The summed E-state index contributed by atoms with van der Waals surface area (Å²) in [6.45, 7) is 0. The van der Waals surface area contributed by atoms with Crippen LogP contribution in [-0.4, -0.2) is 6.10 Å². The first-order chi connectivity index (χ1) is 6.79. The van der Waals surface area contributed by atoms with Gasteiger partial charge in [-0.1, -0.05) is 0 Å². The van der Waals surface area contributed by atoms with Crippen molar-refractivity contribution in [1.29, 1.82) is 5.26 Å². The van der Waals surface area contributed by atoms with Gasteiger partial charge in [0.15, 0.2) is 0 Å². The Morgan fingerprint density at radius 1 is 1.57 bits per heavy atom. The lowest BCUT2D eigenvalue weighted by Gasteiger charge is -2.09. The van der Waals surface area contributed by atoms with E-state index in [-0.39, 0.29) is 12.2 Å². The lowest BCUT2D eigenvalue weighted by Crippen LogP contribution is -2.04. The Kier molecular flexibility index (Phi) is 3.22. The zero-order valence-corrected chi connectivity index (χ0v) is 9.97. The van der Waals surface area contributed by atoms with E-state index >= 15 is 0 Å². The predicted octanol–water partition coefficient (Wildman–Crippen LogP) is 3.64. The Bertz CT molecular complexity index is 357. The highest BCUT2D eigenvalue weighted by Crippen LogP contribution is 2.38.